The van der Waals surface area contributed by atoms with Crippen LogP contribution in [0.1, 0.15) is 24.2 Å². The minimum absolute atomic E-state index is 0.0175. The molecule has 0 aromatic heterocycles. The molecule has 12 heteroatoms. The highest BCUT2D eigenvalue weighted by Gasteiger charge is 2.72. The maximum Gasteiger partial charge on any atom is 0.331 e. The summed E-state index contributed by atoms with van der Waals surface area (Å²) in [5.74, 6) is -1.80. The second-order valence-electron chi connectivity index (χ2n) is 7.25. The molecule has 2 saturated heterocycles. The van der Waals surface area contributed by atoms with Crippen LogP contribution >= 0.6 is 22.6 Å². The van der Waals surface area contributed by atoms with Crippen molar-refractivity contribution in [3.05, 3.63) is 23.8 Å². The van der Waals surface area contributed by atoms with Crippen molar-refractivity contribution in [3.63, 3.8) is 0 Å². The predicted molar refractivity (Wildman–Crippen MR) is 113 cm³/mol. The number of sulfone groups is 1. The molecule has 1 aromatic carbocycles. The van der Waals surface area contributed by atoms with E-state index < -0.39 is 49.8 Å². The number of halogens is 1. The predicted octanol–water partition coefficient (Wildman–Crippen LogP) is 0.482. The molecule has 0 saturated carbocycles. The molecular weight excluding hydrogens is 531 g/mol. The summed E-state index contributed by atoms with van der Waals surface area (Å²) in [4.78, 5) is 39.1. The second-order valence-corrected chi connectivity index (χ2v) is 10.5. The first kappa shape index (κ1) is 22.6. The SMILES string of the molecule is COc1cccc(OC)c1C(=O)N[C@@H]1C(=O)N2[C@@H](C(=O)OCI)C(C)(C)S(=O)(=O)[C@H]12. The Kier molecular flexibility index (Phi) is 5.93. The normalized spacial score (nSPS) is 25.7. The summed E-state index contributed by atoms with van der Waals surface area (Å²) in [7, 11) is -1.25. The zero-order valence-corrected chi connectivity index (χ0v) is 19.6. The van der Waals surface area contributed by atoms with Gasteiger partial charge in [-0.2, -0.15) is 0 Å². The maximum absolute atomic E-state index is 13.1. The molecule has 0 radical (unpaired) electrons. The maximum atomic E-state index is 13.1. The molecule has 164 valence electrons. The number of hydrogen-bond donors (Lipinski definition) is 1. The number of esters is 1. The van der Waals surface area contributed by atoms with Gasteiger partial charge in [0.05, 0.1) is 14.2 Å². The molecule has 2 fully saturated rings. The lowest BCUT2D eigenvalue weighted by molar-refractivity contribution is -0.162. The van der Waals surface area contributed by atoms with Crippen LogP contribution in [0.25, 0.3) is 0 Å². The van der Waals surface area contributed by atoms with Crippen molar-refractivity contribution < 1.29 is 37.0 Å². The molecule has 10 nitrogen and oxygen atoms in total. The van der Waals surface area contributed by atoms with E-state index in [0.29, 0.717) is 0 Å². The van der Waals surface area contributed by atoms with Crippen LogP contribution in [0.15, 0.2) is 18.2 Å². The number of alkyl halides is 1. The number of carbonyl (C=O) groups is 3. The topological polar surface area (TPSA) is 128 Å². The van der Waals surface area contributed by atoms with Crippen LogP contribution in [0, 0.1) is 0 Å². The van der Waals surface area contributed by atoms with Crippen molar-refractivity contribution in [3.8, 4) is 11.5 Å². The van der Waals surface area contributed by atoms with Gasteiger partial charge >= 0.3 is 5.97 Å². The molecule has 0 aliphatic carbocycles. The number of fused-ring (bicyclic) bond motifs is 1. The standard InChI is InChI=1S/C18H21IN2O8S/c1-18(2)13(17(24)29-8-19)21-15(23)12(16(21)30(18,25)26)20-14(22)11-9(27-3)6-5-7-10(11)28-4/h5-7,12-13,16H,8H2,1-4H3,(H,20,22)/t12-,13+,16-/m1/s1. The van der Waals surface area contributed by atoms with Gasteiger partial charge in [0.2, 0.25) is 5.91 Å². The van der Waals surface area contributed by atoms with Gasteiger partial charge in [0, 0.05) is 0 Å². The highest BCUT2D eigenvalue weighted by Crippen LogP contribution is 2.46. The molecule has 2 amide bonds. The molecule has 0 unspecified atom stereocenters. The van der Waals surface area contributed by atoms with E-state index in [0.717, 1.165) is 4.90 Å². The van der Waals surface area contributed by atoms with Gasteiger partial charge < -0.3 is 24.4 Å². The molecule has 0 bridgehead atoms. The summed E-state index contributed by atoms with van der Waals surface area (Å²) in [6.45, 7) is 2.74. The lowest BCUT2D eigenvalue weighted by Gasteiger charge is -2.43. The molecule has 1 aromatic rings. The van der Waals surface area contributed by atoms with E-state index in [4.69, 9.17) is 14.2 Å². The van der Waals surface area contributed by atoms with E-state index in [-0.39, 0.29) is 21.7 Å². The van der Waals surface area contributed by atoms with Crippen LogP contribution < -0.4 is 14.8 Å². The average Bonchev–Trinajstić information content (AvgIpc) is 2.85. The molecule has 3 rings (SSSR count). The Balaban J connectivity index is 1.94. The minimum atomic E-state index is -3.99. The van der Waals surface area contributed by atoms with Crippen molar-refractivity contribution in [1.29, 1.82) is 0 Å². The number of ether oxygens (including phenoxy) is 3. The summed E-state index contributed by atoms with van der Waals surface area (Å²) >= 11 is 1.81. The van der Waals surface area contributed by atoms with Crippen LogP contribution in [0.3, 0.4) is 0 Å². The number of β-lactam (4-membered cyclic amide) rings is 1. The monoisotopic (exact) mass is 552 g/mol. The first-order valence-corrected chi connectivity index (χ1v) is 11.9. The molecule has 3 atom stereocenters. The van der Waals surface area contributed by atoms with E-state index in [1.54, 1.807) is 6.07 Å². The Hall–Kier alpha value is -2.09. The number of carbonyl (C=O) groups excluding carboxylic acids is 3. The lowest BCUT2D eigenvalue weighted by atomic mass is 9.95. The fourth-order valence-corrected chi connectivity index (χ4v) is 6.36. The van der Waals surface area contributed by atoms with Gasteiger partial charge in [-0.3, -0.25) is 9.59 Å². The Morgan fingerprint density at radius 1 is 1.20 bits per heavy atom. The van der Waals surface area contributed by atoms with Crippen LogP contribution in [0.2, 0.25) is 0 Å². The number of methoxy groups -OCH3 is 2. The Bertz CT molecular complexity index is 987. The zero-order chi connectivity index (χ0) is 22.4. The van der Waals surface area contributed by atoms with Gasteiger partial charge in [-0.1, -0.05) is 6.07 Å². The van der Waals surface area contributed by atoms with E-state index in [2.05, 4.69) is 5.32 Å². The van der Waals surface area contributed by atoms with Crippen LogP contribution in [0.4, 0.5) is 0 Å². The van der Waals surface area contributed by atoms with Gasteiger partial charge in [-0.15, -0.1) is 0 Å². The summed E-state index contributed by atoms with van der Waals surface area (Å²) in [5.41, 5.74) is 0.0317. The van der Waals surface area contributed by atoms with Gasteiger partial charge in [0.1, 0.15) is 38.5 Å². The van der Waals surface area contributed by atoms with Crippen molar-refractivity contribution in [2.75, 3.05) is 18.8 Å². The molecule has 30 heavy (non-hydrogen) atoms. The van der Waals surface area contributed by atoms with E-state index in [1.165, 1.54) is 40.2 Å². The van der Waals surface area contributed by atoms with Crippen molar-refractivity contribution in [2.45, 2.75) is 36.1 Å². The average molecular weight is 552 g/mol. The van der Waals surface area contributed by atoms with Crippen molar-refractivity contribution >= 4 is 50.2 Å². The number of benzene rings is 1. The fraction of sp³-hybridized carbons (Fsp3) is 0.500. The van der Waals surface area contributed by atoms with Crippen molar-refractivity contribution in [1.82, 2.24) is 10.2 Å². The lowest BCUT2D eigenvalue weighted by Crippen LogP contribution is -2.72. The van der Waals surface area contributed by atoms with E-state index >= 15 is 0 Å². The summed E-state index contributed by atoms with van der Waals surface area (Å²) < 4.78 is 40.0. The van der Waals surface area contributed by atoms with Gasteiger partial charge in [0.15, 0.2) is 15.2 Å². The summed E-state index contributed by atoms with van der Waals surface area (Å²) in [6, 6.07) is 2.07. The third-order valence-corrected chi connectivity index (χ3v) is 8.57. The Morgan fingerprint density at radius 2 is 1.77 bits per heavy atom. The summed E-state index contributed by atoms with van der Waals surface area (Å²) in [6.07, 6.45) is 0. The largest absolute Gasteiger partial charge is 0.496 e. The van der Waals surface area contributed by atoms with Crippen molar-refractivity contribution in [2.24, 2.45) is 0 Å². The number of rotatable bonds is 6. The first-order chi connectivity index (χ1) is 14.0. The van der Waals surface area contributed by atoms with E-state index in [1.807, 2.05) is 22.6 Å². The van der Waals surface area contributed by atoms with Gasteiger partial charge in [0.25, 0.3) is 5.91 Å². The number of nitrogens with one attached hydrogen (secondary N) is 1. The number of nitrogens with zero attached hydrogens (tertiary/aromatic N) is 1. The molecular formula is C18H21IN2O8S. The first-order valence-electron chi connectivity index (χ1n) is 8.84. The number of amides is 2. The molecule has 2 aliphatic heterocycles. The Morgan fingerprint density at radius 3 is 2.27 bits per heavy atom. The molecule has 2 aliphatic rings. The van der Waals surface area contributed by atoms with Crippen LogP contribution in [-0.4, -0.2) is 72.1 Å². The minimum Gasteiger partial charge on any atom is -0.496 e. The second kappa shape index (κ2) is 7.87. The molecule has 0 spiro atoms. The highest BCUT2D eigenvalue weighted by molar-refractivity contribution is 14.1. The zero-order valence-electron chi connectivity index (χ0n) is 16.7. The summed E-state index contributed by atoms with van der Waals surface area (Å²) in [5, 5.41) is 1.10. The fourth-order valence-electron chi connectivity index (χ4n) is 3.84. The van der Waals surface area contributed by atoms with Crippen LogP contribution in [0.5, 0.6) is 11.5 Å². The smallest absolute Gasteiger partial charge is 0.331 e. The van der Waals surface area contributed by atoms with Crippen LogP contribution in [-0.2, 0) is 24.2 Å². The number of hydrogen-bond acceptors (Lipinski definition) is 8. The quantitative estimate of drug-likeness (QED) is 0.234. The van der Waals surface area contributed by atoms with Gasteiger partial charge in [-0.05, 0) is 48.6 Å². The Labute approximate surface area is 187 Å². The third kappa shape index (κ3) is 3.11. The molecule has 2 heterocycles. The highest BCUT2D eigenvalue weighted by atomic mass is 127. The van der Waals surface area contributed by atoms with E-state index in [9.17, 15) is 22.8 Å². The molecule has 1 N–H and O–H groups in total. The van der Waals surface area contributed by atoms with Gasteiger partial charge in [-0.25, -0.2) is 13.2 Å². The third-order valence-electron chi connectivity index (χ3n) is 5.43.